The van der Waals surface area contributed by atoms with Gasteiger partial charge in [-0.15, -0.1) is 0 Å². The van der Waals surface area contributed by atoms with Crippen LogP contribution in [0.25, 0.3) is 33.8 Å². The summed E-state index contributed by atoms with van der Waals surface area (Å²) in [6, 6.07) is 11.2. The molecular weight excluding hydrogens is 577 g/mol. The Morgan fingerprint density at radius 1 is 1.02 bits per heavy atom. The normalized spacial score (nSPS) is 13.0. The van der Waals surface area contributed by atoms with Crippen LogP contribution in [0.4, 0.5) is 13.2 Å². The average molecular weight is 611 g/mol. The molecule has 43 heavy (non-hydrogen) atoms. The number of benzene rings is 1. The number of ether oxygens (including phenoxy) is 2. The first-order chi connectivity index (χ1) is 20.4. The number of aliphatic hydroxyl groups is 1. The molecule has 4 heterocycles. The Morgan fingerprint density at radius 2 is 1.77 bits per heavy atom. The fourth-order valence-electron chi connectivity index (χ4n) is 4.66. The summed E-state index contributed by atoms with van der Waals surface area (Å²) in [6.45, 7) is 7.72. The Labute approximate surface area is 248 Å². The number of aromatic nitrogens is 6. The molecule has 0 amide bonds. The molecule has 9 nitrogen and oxygen atoms in total. The highest BCUT2D eigenvalue weighted by Gasteiger charge is 2.34. The number of nitrogens with zero attached hydrogens (tertiary/aromatic N) is 6. The van der Waals surface area contributed by atoms with Gasteiger partial charge in [0.25, 0.3) is 0 Å². The maximum Gasteiger partial charge on any atom is 0.434 e. The van der Waals surface area contributed by atoms with E-state index in [1.54, 1.807) is 55.0 Å². The molecule has 5 rings (SSSR count). The molecule has 0 radical (unpaired) electrons. The molecule has 0 saturated carbocycles. The Morgan fingerprint density at radius 3 is 2.42 bits per heavy atom. The second kappa shape index (κ2) is 11.9. The summed E-state index contributed by atoms with van der Waals surface area (Å²) >= 11 is 0. The standard InChI is InChI=1S/C30H33F3N6O3Si/c1-38-17-24(30(31,32)33)36-28(38)20-10-8-19(9-11-20)26(40)22-16-39(18-42-13-14-43(3,4)5)23-15-35-27(37-25(22)23)21-7-6-12-34-29(21)41-2/h6-12,15-17,26,40H,13-14,18H2,1-5H3. The van der Waals surface area contributed by atoms with E-state index >= 15 is 0 Å². The van der Waals surface area contributed by atoms with Gasteiger partial charge in [-0.3, -0.25) is 0 Å². The van der Waals surface area contributed by atoms with Gasteiger partial charge < -0.3 is 23.7 Å². The minimum Gasteiger partial charge on any atom is -0.480 e. The van der Waals surface area contributed by atoms with E-state index in [4.69, 9.17) is 14.5 Å². The molecule has 0 spiro atoms. The number of hydrogen-bond acceptors (Lipinski definition) is 7. The minimum absolute atomic E-state index is 0.170. The van der Waals surface area contributed by atoms with Crippen LogP contribution in [0.3, 0.4) is 0 Å². The summed E-state index contributed by atoms with van der Waals surface area (Å²) in [5.74, 6) is 0.925. The summed E-state index contributed by atoms with van der Waals surface area (Å²) in [6.07, 6.45) is 0.413. The predicted molar refractivity (Wildman–Crippen MR) is 159 cm³/mol. The van der Waals surface area contributed by atoms with Crippen LogP contribution in [0.2, 0.25) is 25.7 Å². The highest BCUT2D eigenvalue weighted by molar-refractivity contribution is 6.76. The second-order valence-electron chi connectivity index (χ2n) is 11.5. The average Bonchev–Trinajstić information content (AvgIpc) is 3.55. The van der Waals surface area contributed by atoms with Crippen molar-refractivity contribution in [3.63, 3.8) is 0 Å². The van der Waals surface area contributed by atoms with Crippen LogP contribution in [-0.2, 0) is 24.7 Å². The van der Waals surface area contributed by atoms with E-state index in [9.17, 15) is 18.3 Å². The van der Waals surface area contributed by atoms with E-state index in [2.05, 4.69) is 34.6 Å². The summed E-state index contributed by atoms with van der Waals surface area (Å²) < 4.78 is 54.1. The lowest BCUT2D eigenvalue weighted by Gasteiger charge is -2.15. The SMILES string of the molecule is COc1ncccc1-c1ncc2c(n1)c(C(O)c1ccc(-c3nc(C(F)(F)F)cn3C)cc1)cn2COCC[Si](C)(C)C. The first-order valence-corrected chi connectivity index (χ1v) is 17.4. The number of rotatable bonds is 10. The Bertz CT molecular complexity index is 1730. The van der Waals surface area contributed by atoms with Crippen molar-refractivity contribution in [2.75, 3.05) is 13.7 Å². The quantitative estimate of drug-likeness (QED) is 0.146. The lowest BCUT2D eigenvalue weighted by Crippen LogP contribution is -2.22. The second-order valence-corrected chi connectivity index (χ2v) is 17.1. The molecule has 226 valence electrons. The maximum absolute atomic E-state index is 13.2. The summed E-state index contributed by atoms with van der Waals surface area (Å²) in [5.41, 5.74) is 2.39. The van der Waals surface area contributed by atoms with Crippen molar-refractivity contribution in [2.24, 2.45) is 7.05 Å². The molecule has 0 aliphatic heterocycles. The van der Waals surface area contributed by atoms with Gasteiger partial charge in [0.1, 0.15) is 18.7 Å². The van der Waals surface area contributed by atoms with Crippen LogP contribution in [-0.4, -0.2) is 56.0 Å². The van der Waals surface area contributed by atoms with Crippen molar-refractivity contribution in [3.8, 4) is 28.7 Å². The van der Waals surface area contributed by atoms with Crippen LogP contribution in [0, 0.1) is 0 Å². The number of imidazole rings is 1. The molecule has 13 heteroatoms. The van der Waals surface area contributed by atoms with Gasteiger partial charge in [0, 0.05) is 51.4 Å². The molecule has 0 bridgehead atoms. The topological polar surface area (TPSA) is 100 Å². The van der Waals surface area contributed by atoms with E-state index < -0.39 is 26.0 Å². The Kier molecular flexibility index (Phi) is 8.41. The van der Waals surface area contributed by atoms with Gasteiger partial charge in [0.15, 0.2) is 11.5 Å². The molecule has 1 atom stereocenters. The number of aryl methyl sites for hydroxylation is 1. The van der Waals surface area contributed by atoms with E-state index in [-0.39, 0.29) is 12.6 Å². The highest BCUT2D eigenvalue weighted by Crippen LogP contribution is 2.34. The third-order valence-electron chi connectivity index (χ3n) is 7.03. The van der Waals surface area contributed by atoms with Gasteiger partial charge in [-0.25, -0.2) is 19.9 Å². The van der Waals surface area contributed by atoms with Crippen LogP contribution >= 0.6 is 0 Å². The van der Waals surface area contributed by atoms with Crippen LogP contribution in [0.5, 0.6) is 5.88 Å². The van der Waals surface area contributed by atoms with Gasteiger partial charge >= 0.3 is 6.18 Å². The van der Waals surface area contributed by atoms with Gasteiger partial charge in [0.05, 0.1) is 29.9 Å². The van der Waals surface area contributed by atoms with Crippen molar-refractivity contribution in [1.29, 1.82) is 0 Å². The van der Waals surface area contributed by atoms with Crippen molar-refractivity contribution in [1.82, 2.24) is 29.1 Å². The molecule has 1 unspecified atom stereocenters. The van der Waals surface area contributed by atoms with E-state index in [1.165, 1.54) is 18.7 Å². The summed E-state index contributed by atoms with van der Waals surface area (Å²) in [4.78, 5) is 17.4. The third-order valence-corrected chi connectivity index (χ3v) is 8.73. The number of pyridine rings is 1. The molecule has 1 aromatic carbocycles. The number of methoxy groups -OCH3 is 1. The lowest BCUT2D eigenvalue weighted by molar-refractivity contribution is -0.140. The molecule has 0 saturated heterocycles. The molecular formula is C30H33F3N6O3Si. The zero-order chi connectivity index (χ0) is 30.9. The van der Waals surface area contributed by atoms with Crippen molar-refractivity contribution in [3.05, 3.63) is 78.0 Å². The monoisotopic (exact) mass is 610 g/mol. The van der Waals surface area contributed by atoms with Crippen molar-refractivity contribution in [2.45, 2.75) is 44.7 Å². The number of halogens is 3. The molecule has 5 aromatic rings. The molecule has 1 N–H and O–H groups in total. The summed E-state index contributed by atoms with van der Waals surface area (Å²) in [5, 5.41) is 11.6. The minimum atomic E-state index is -4.54. The molecule has 0 aliphatic rings. The van der Waals surface area contributed by atoms with Crippen LogP contribution in [0.1, 0.15) is 22.9 Å². The first kappa shape index (κ1) is 30.4. The number of hydrogen-bond donors (Lipinski definition) is 1. The summed E-state index contributed by atoms with van der Waals surface area (Å²) in [7, 11) is 1.75. The van der Waals surface area contributed by atoms with E-state index in [0.717, 1.165) is 12.2 Å². The zero-order valence-corrected chi connectivity index (χ0v) is 25.6. The number of alkyl halides is 3. The number of fused-ring (bicyclic) bond motifs is 1. The first-order valence-electron chi connectivity index (χ1n) is 13.7. The van der Waals surface area contributed by atoms with Crippen molar-refractivity contribution < 1.29 is 27.8 Å². The lowest BCUT2D eigenvalue weighted by atomic mass is 10.0. The zero-order valence-electron chi connectivity index (χ0n) is 24.6. The van der Waals surface area contributed by atoms with E-state index in [0.29, 0.717) is 51.6 Å². The Balaban J connectivity index is 1.50. The largest absolute Gasteiger partial charge is 0.480 e. The van der Waals surface area contributed by atoms with Gasteiger partial charge in [0.2, 0.25) is 5.88 Å². The predicted octanol–water partition coefficient (Wildman–Crippen LogP) is 6.32. The molecule has 0 aliphatic carbocycles. The Hall–Kier alpha value is -4.07. The van der Waals surface area contributed by atoms with Crippen LogP contribution in [0.15, 0.2) is 61.2 Å². The fraction of sp³-hybridized carbons (Fsp3) is 0.333. The van der Waals surface area contributed by atoms with Gasteiger partial charge in [-0.1, -0.05) is 43.9 Å². The van der Waals surface area contributed by atoms with Crippen LogP contribution < -0.4 is 4.74 Å². The third kappa shape index (κ3) is 6.63. The smallest absolute Gasteiger partial charge is 0.434 e. The van der Waals surface area contributed by atoms with Gasteiger partial charge in [-0.2, -0.15) is 13.2 Å². The van der Waals surface area contributed by atoms with E-state index in [1.807, 2.05) is 4.57 Å². The maximum atomic E-state index is 13.2. The molecule has 0 fully saturated rings. The number of aliphatic hydroxyl groups excluding tert-OH is 1. The highest BCUT2D eigenvalue weighted by atomic mass is 28.3. The molecule has 4 aromatic heterocycles. The van der Waals surface area contributed by atoms with Gasteiger partial charge in [-0.05, 0) is 23.7 Å². The van der Waals surface area contributed by atoms with Crippen molar-refractivity contribution >= 4 is 19.1 Å². The fourth-order valence-corrected chi connectivity index (χ4v) is 5.42.